The Morgan fingerprint density at radius 1 is 1.33 bits per heavy atom. The molecule has 2 fully saturated rings. The molecule has 21 heavy (non-hydrogen) atoms. The molecule has 116 valence electrons. The van der Waals surface area contributed by atoms with Crippen LogP contribution in [0.25, 0.3) is 0 Å². The second kappa shape index (κ2) is 6.88. The lowest BCUT2D eigenvalue weighted by atomic mass is 9.79. The second-order valence-electron chi connectivity index (χ2n) is 6.24. The molecule has 0 aromatic heterocycles. The van der Waals surface area contributed by atoms with E-state index < -0.39 is 0 Å². The molecule has 1 aliphatic carbocycles. The summed E-state index contributed by atoms with van der Waals surface area (Å²) in [7, 11) is 0. The van der Waals surface area contributed by atoms with Gasteiger partial charge in [-0.1, -0.05) is 37.6 Å². The minimum absolute atomic E-state index is 0.0646. The van der Waals surface area contributed by atoms with E-state index in [1.807, 2.05) is 0 Å². The van der Waals surface area contributed by atoms with E-state index in [4.69, 9.17) is 10.6 Å². The number of morpholine rings is 1. The Morgan fingerprint density at radius 2 is 2.10 bits per heavy atom. The zero-order valence-corrected chi connectivity index (χ0v) is 12.9. The molecule has 1 aliphatic heterocycles. The SMILES string of the molecule is CCN1CCOC(C(NN)c2ccc(C3CCC3)cc2)C1. The highest BCUT2D eigenvalue weighted by atomic mass is 16.5. The van der Waals surface area contributed by atoms with Crippen LogP contribution in [0.15, 0.2) is 24.3 Å². The van der Waals surface area contributed by atoms with Gasteiger partial charge in [-0.3, -0.25) is 16.2 Å². The number of hydrogen-bond donors (Lipinski definition) is 2. The van der Waals surface area contributed by atoms with Crippen LogP contribution in [-0.4, -0.2) is 37.2 Å². The van der Waals surface area contributed by atoms with Crippen LogP contribution in [0.4, 0.5) is 0 Å². The topological polar surface area (TPSA) is 50.5 Å². The van der Waals surface area contributed by atoms with E-state index >= 15 is 0 Å². The molecule has 3 N–H and O–H groups in total. The Bertz CT molecular complexity index is 444. The first kappa shape index (κ1) is 15.0. The van der Waals surface area contributed by atoms with Gasteiger partial charge in [0.05, 0.1) is 18.8 Å². The lowest BCUT2D eigenvalue weighted by molar-refractivity contribution is -0.0456. The molecule has 0 bridgehead atoms. The first-order chi connectivity index (χ1) is 10.3. The number of rotatable bonds is 5. The quantitative estimate of drug-likeness (QED) is 0.644. The molecular formula is C17H27N3O. The van der Waals surface area contributed by atoms with Gasteiger partial charge in [0.1, 0.15) is 0 Å². The van der Waals surface area contributed by atoms with Crippen LogP contribution in [0.1, 0.15) is 49.3 Å². The predicted molar refractivity (Wildman–Crippen MR) is 85.0 cm³/mol. The van der Waals surface area contributed by atoms with Crippen LogP contribution in [0.5, 0.6) is 0 Å². The summed E-state index contributed by atoms with van der Waals surface area (Å²) in [5.41, 5.74) is 5.66. The van der Waals surface area contributed by atoms with E-state index in [0.717, 1.165) is 32.2 Å². The molecule has 2 unspecified atom stereocenters. The number of hydrogen-bond acceptors (Lipinski definition) is 4. The highest BCUT2D eigenvalue weighted by molar-refractivity contribution is 5.29. The third-order valence-electron chi connectivity index (χ3n) is 5.05. The number of hydrazine groups is 1. The van der Waals surface area contributed by atoms with Gasteiger partial charge in [-0.05, 0) is 36.4 Å². The number of nitrogens with two attached hydrogens (primary N) is 1. The van der Waals surface area contributed by atoms with Crippen LogP contribution >= 0.6 is 0 Å². The molecule has 1 aromatic carbocycles. The molecule has 2 aliphatic rings. The molecule has 4 heteroatoms. The fraction of sp³-hybridized carbons (Fsp3) is 0.647. The van der Waals surface area contributed by atoms with E-state index in [2.05, 4.69) is 41.5 Å². The first-order valence-electron chi connectivity index (χ1n) is 8.21. The molecule has 3 rings (SSSR count). The molecule has 4 nitrogen and oxygen atoms in total. The predicted octanol–water partition coefficient (Wildman–Crippen LogP) is 2.18. The van der Waals surface area contributed by atoms with Gasteiger partial charge in [-0.15, -0.1) is 0 Å². The van der Waals surface area contributed by atoms with Crippen molar-refractivity contribution >= 4 is 0 Å². The lowest BCUT2D eigenvalue weighted by Crippen LogP contribution is -2.49. The minimum atomic E-state index is 0.0646. The number of likely N-dealkylation sites (N-methyl/N-ethyl adjacent to an activating group) is 1. The third kappa shape index (κ3) is 3.29. The van der Waals surface area contributed by atoms with E-state index in [1.54, 1.807) is 0 Å². The Kier molecular flexibility index (Phi) is 4.91. The van der Waals surface area contributed by atoms with Crippen LogP contribution in [0.2, 0.25) is 0 Å². The van der Waals surface area contributed by atoms with Gasteiger partial charge in [0.25, 0.3) is 0 Å². The number of ether oxygens (including phenoxy) is 1. The first-order valence-corrected chi connectivity index (χ1v) is 8.21. The summed E-state index contributed by atoms with van der Waals surface area (Å²) in [6, 6.07) is 9.03. The molecule has 0 spiro atoms. The number of nitrogens with zero attached hydrogens (tertiary/aromatic N) is 1. The standard InChI is InChI=1S/C17H27N3O/c1-2-20-10-11-21-16(12-20)17(19-18)15-8-6-14(7-9-15)13-4-3-5-13/h6-9,13,16-17,19H,2-5,10-12,18H2,1H3. The second-order valence-corrected chi connectivity index (χ2v) is 6.24. The molecule has 0 amide bonds. The highest BCUT2D eigenvalue weighted by Crippen LogP contribution is 2.36. The van der Waals surface area contributed by atoms with Crippen LogP contribution in [0, 0.1) is 0 Å². The fourth-order valence-corrected chi connectivity index (χ4v) is 3.36. The smallest absolute Gasteiger partial charge is 0.0909 e. The summed E-state index contributed by atoms with van der Waals surface area (Å²) in [6.45, 7) is 6.01. The van der Waals surface area contributed by atoms with E-state index in [-0.39, 0.29) is 12.1 Å². The van der Waals surface area contributed by atoms with Gasteiger partial charge in [0, 0.05) is 13.1 Å². The van der Waals surface area contributed by atoms with Gasteiger partial charge < -0.3 is 4.74 Å². The van der Waals surface area contributed by atoms with Crippen molar-refractivity contribution < 1.29 is 4.74 Å². The van der Waals surface area contributed by atoms with E-state index in [9.17, 15) is 0 Å². The normalized spacial score (nSPS) is 25.5. The molecular weight excluding hydrogens is 262 g/mol. The van der Waals surface area contributed by atoms with Crippen LogP contribution in [0.3, 0.4) is 0 Å². The summed E-state index contributed by atoms with van der Waals surface area (Å²) in [5, 5.41) is 0. The maximum Gasteiger partial charge on any atom is 0.0909 e. The van der Waals surface area contributed by atoms with Gasteiger partial charge in [-0.25, -0.2) is 0 Å². The number of benzene rings is 1. The van der Waals surface area contributed by atoms with E-state index in [1.165, 1.54) is 30.4 Å². The number of nitrogens with one attached hydrogen (secondary N) is 1. The summed E-state index contributed by atoms with van der Waals surface area (Å²) < 4.78 is 5.94. The van der Waals surface area contributed by atoms with Crippen molar-refractivity contribution in [3.8, 4) is 0 Å². The van der Waals surface area contributed by atoms with Crippen molar-refractivity contribution in [2.75, 3.05) is 26.2 Å². The zero-order valence-electron chi connectivity index (χ0n) is 12.9. The van der Waals surface area contributed by atoms with Gasteiger partial charge in [0.2, 0.25) is 0 Å². The highest BCUT2D eigenvalue weighted by Gasteiger charge is 2.28. The van der Waals surface area contributed by atoms with Crippen molar-refractivity contribution in [3.63, 3.8) is 0 Å². The maximum absolute atomic E-state index is 5.94. The summed E-state index contributed by atoms with van der Waals surface area (Å²) in [6.07, 6.45) is 4.19. The Labute approximate surface area is 127 Å². The van der Waals surface area contributed by atoms with Crippen LogP contribution in [-0.2, 0) is 4.74 Å². The Hall–Kier alpha value is -0.940. The molecule has 1 heterocycles. The average molecular weight is 289 g/mol. The van der Waals surface area contributed by atoms with Gasteiger partial charge >= 0.3 is 0 Å². The molecule has 1 aromatic rings. The van der Waals surface area contributed by atoms with Crippen LogP contribution < -0.4 is 11.3 Å². The average Bonchev–Trinajstić information content (AvgIpc) is 2.48. The molecule has 1 saturated carbocycles. The monoisotopic (exact) mass is 289 g/mol. The largest absolute Gasteiger partial charge is 0.374 e. The van der Waals surface area contributed by atoms with Crippen molar-refractivity contribution in [2.45, 2.75) is 44.2 Å². The molecule has 0 radical (unpaired) electrons. The molecule has 2 atom stereocenters. The van der Waals surface area contributed by atoms with E-state index in [0.29, 0.717) is 0 Å². The van der Waals surface area contributed by atoms with Gasteiger partial charge in [0.15, 0.2) is 0 Å². The summed E-state index contributed by atoms with van der Waals surface area (Å²) in [5.74, 6) is 6.59. The molecule has 1 saturated heterocycles. The van der Waals surface area contributed by atoms with Crippen molar-refractivity contribution in [2.24, 2.45) is 5.84 Å². The fourth-order valence-electron chi connectivity index (χ4n) is 3.36. The Balaban J connectivity index is 1.69. The van der Waals surface area contributed by atoms with Gasteiger partial charge in [-0.2, -0.15) is 0 Å². The zero-order chi connectivity index (χ0) is 14.7. The maximum atomic E-state index is 5.94. The third-order valence-corrected chi connectivity index (χ3v) is 5.05. The minimum Gasteiger partial charge on any atom is -0.374 e. The van der Waals surface area contributed by atoms with Crippen molar-refractivity contribution in [1.82, 2.24) is 10.3 Å². The van der Waals surface area contributed by atoms with Crippen molar-refractivity contribution in [3.05, 3.63) is 35.4 Å². The summed E-state index contributed by atoms with van der Waals surface area (Å²) >= 11 is 0. The summed E-state index contributed by atoms with van der Waals surface area (Å²) in [4.78, 5) is 2.42. The Morgan fingerprint density at radius 3 is 2.67 bits per heavy atom. The van der Waals surface area contributed by atoms with Crippen molar-refractivity contribution in [1.29, 1.82) is 0 Å². The lowest BCUT2D eigenvalue weighted by Gasteiger charge is -2.36.